The Morgan fingerprint density at radius 3 is 2.57 bits per heavy atom. The van der Waals surface area contributed by atoms with Crippen LogP contribution in [-0.2, 0) is 4.79 Å². The number of carbonyl (C=O) groups is 1. The SMILES string of the molecule is O=C(C1CC1)N1CCC[C@@H](c2nc(Nc3ccccc3)cc(-c3ccncc3)n2)C1. The van der Waals surface area contributed by atoms with Crippen molar-refractivity contribution in [1.29, 1.82) is 0 Å². The van der Waals surface area contributed by atoms with Crippen LogP contribution in [0, 0.1) is 5.92 Å². The summed E-state index contributed by atoms with van der Waals surface area (Å²) < 4.78 is 0. The molecular weight excluding hydrogens is 374 g/mol. The van der Waals surface area contributed by atoms with Gasteiger partial charge in [0.1, 0.15) is 11.6 Å². The Bertz CT molecular complexity index is 1020. The average molecular weight is 399 g/mol. The number of hydrogen-bond donors (Lipinski definition) is 1. The standard InChI is InChI=1S/C24H25N5O/c30-24(18-8-9-18)29-14-4-5-19(16-29)23-27-21(17-10-12-25-13-11-17)15-22(28-23)26-20-6-2-1-3-7-20/h1-3,6-7,10-13,15,18-19H,4-5,8-9,14,16H2,(H,26,27,28)/t19-/m1/s1. The lowest BCUT2D eigenvalue weighted by Gasteiger charge is -2.32. The van der Waals surface area contributed by atoms with Crippen LogP contribution < -0.4 is 5.32 Å². The van der Waals surface area contributed by atoms with Gasteiger partial charge in [-0.25, -0.2) is 9.97 Å². The van der Waals surface area contributed by atoms with Crippen LogP contribution in [0.1, 0.15) is 37.4 Å². The third-order valence-corrected chi connectivity index (χ3v) is 5.79. The molecule has 0 unspecified atom stereocenters. The molecule has 1 saturated carbocycles. The normalized spacial score (nSPS) is 18.8. The summed E-state index contributed by atoms with van der Waals surface area (Å²) in [7, 11) is 0. The van der Waals surface area contributed by atoms with Crippen LogP contribution in [0.25, 0.3) is 11.3 Å². The third-order valence-electron chi connectivity index (χ3n) is 5.79. The highest BCUT2D eigenvalue weighted by Crippen LogP contribution is 2.34. The fourth-order valence-corrected chi connectivity index (χ4v) is 4.03. The van der Waals surface area contributed by atoms with Crippen LogP contribution >= 0.6 is 0 Å². The summed E-state index contributed by atoms with van der Waals surface area (Å²) >= 11 is 0. The molecule has 6 heteroatoms. The summed E-state index contributed by atoms with van der Waals surface area (Å²) in [6, 6.07) is 15.9. The molecule has 3 aromatic rings. The Balaban J connectivity index is 1.47. The van der Waals surface area contributed by atoms with Gasteiger partial charge in [-0.1, -0.05) is 18.2 Å². The van der Waals surface area contributed by atoms with E-state index in [2.05, 4.69) is 10.3 Å². The Kier molecular flexibility index (Phi) is 5.13. The molecule has 0 radical (unpaired) electrons. The number of pyridine rings is 1. The number of para-hydroxylation sites is 1. The molecule has 1 N–H and O–H groups in total. The number of aromatic nitrogens is 3. The van der Waals surface area contributed by atoms with E-state index in [9.17, 15) is 4.79 Å². The molecule has 2 aliphatic rings. The number of hydrogen-bond acceptors (Lipinski definition) is 5. The first-order chi connectivity index (χ1) is 14.8. The fraction of sp³-hybridized carbons (Fsp3) is 0.333. The molecule has 0 bridgehead atoms. The third kappa shape index (κ3) is 4.17. The zero-order valence-electron chi connectivity index (χ0n) is 16.9. The van der Waals surface area contributed by atoms with Crippen molar-refractivity contribution in [2.24, 2.45) is 5.92 Å². The number of anilines is 2. The van der Waals surface area contributed by atoms with Gasteiger partial charge in [0, 0.05) is 54.6 Å². The zero-order chi connectivity index (χ0) is 20.3. The van der Waals surface area contributed by atoms with Crippen molar-refractivity contribution >= 4 is 17.4 Å². The van der Waals surface area contributed by atoms with Crippen LogP contribution in [0.15, 0.2) is 60.9 Å². The van der Waals surface area contributed by atoms with E-state index in [-0.39, 0.29) is 11.8 Å². The fourth-order valence-electron chi connectivity index (χ4n) is 4.03. The molecule has 2 fully saturated rings. The van der Waals surface area contributed by atoms with Crippen LogP contribution in [-0.4, -0.2) is 38.8 Å². The van der Waals surface area contributed by atoms with Gasteiger partial charge in [-0.15, -0.1) is 0 Å². The van der Waals surface area contributed by atoms with Gasteiger partial charge < -0.3 is 10.2 Å². The van der Waals surface area contributed by atoms with Crippen LogP contribution in [0.3, 0.4) is 0 Å². The van der Waals surface area contributed by atoms with Gasteiger partial charge in [0.25, 0.3) is 0 Å². The number of likely N-dealkylation sites (tertiary alicyclic amines) is 1. The molecule has 1 atom stereocenters. The summed E-state index contributed by atoms with van der Waals surface area (Å²) in [6.45, 7) is 1.56. The summed E-state index contributed by atoms with van der Waals surface area (Å²) in [5, 5.41) is 3.41. The van der Waals surface area contributed by atoms with E-state index in [1.54, 1.807) is 12.4 Å². The number of rotatable bonds is 5. The molecular formula is C24H25N5O. The number of carbonyl (C=O) groups excluding carboxylic acids is 1. The maximum absolute atomic E-state index is 12.6. The van der Waals surface area contributed by atoms with Crippen LogP contribution in [0.5, 0.6) is 0 Å². The maximum Gasteiger partial charge on any atom is 0.225 e. The Morgan fingerprint density at radius 1 is 1.00 bits per heavy atom. The molecule has 152 valence electrons. The molecule has 2 aromatic heterocycles. The van der Waals surface area contributed by atoms with Gasteiger partial charge in [-0.3, -0.25) is 9.78 Å². The first kappa shape index (κ1) is 18.7. The second-order valence-electron chi connectivity index (χ2n) is 8.12. The van der Waals surface area contributed by atoms with E-state index < -0.39 is 0 Å². The smallest absolute Gasteiger partial charge is 0.225 e. The summed E-state index contributed by atoms with van der Waals surface area (Å²) in [6.07, 6.45) is 7.63. The second-order valence-corrected chi connectivity index (χ2v) is 8.12. The lowest BCUT2D eigenvalue weighted by molar-refractivity contribution is -0.133. The van der Waals surface area contributed by atoms with E-state index >= 15 is 0 Å². The van der Waals surface area contributed by atoms with Gasteiger partial charge in [0.15, 0.2) is 0 Å². The first-order valence-electron chi connectivity index (χ1n) is 10.7. The Morgan fingerprint density at radius 2 is 1.80 bits per heavy atom. The van der Waals surface area contributed by atoms with Crippen molar-refractivity contribution in [3.05, 3.63) is 66.7 Å². The van der Waals surface area contributed by atoms with Crippen molar-refractivity contribution in [3.63, 3.8) is 0 Å². The van der Waals surface area contributed by atoms with Crippen LogP contribution in [0.4, 0.5) is 11.5 Å². The van der Waals surface area contributed by atoms with Crippen molar-refractivity contribution < 1.29 is 4.79 Å². The van der Waals surface area contributed by atoms with Gasteiger partial charge in [0.2, 0.25) is 5.91 Å². The van der Waals surface area contributed by atoms with Crippen molar-refractivity contribution in [2.75, 3.05) is 18.4 Å². The predicted octanol–water partition coefficient (Wildman–Crippen LogP) is 4.40. The Hall–Kier alpha value is -3.28. The highest BCUT2D eigenvalue weighted by molar-refractivity contribution is 5.81. The molecule has 1 saturated heterocycles. The Labute approximate surface area is 176 Å². The first-order valence-corrected chi connectivity index (χ1v) is 10.7. The highest BCUT2D eigenvalue weighted by Gasteiger charge is 2.36. The predicted molar refractivity (Wildman–Crippen MR) is 116 cm³/mol. The minimum atomic E-state index is 0.152. The number of nitrogens with zero attached hydrogens (tertiary/aromatic N) is 4. The number of piperidine rings is 1. The summed E-state index contributed by atoms with van der Waals surface area (Å²) in [4.78, 5) is 28.5. The second kappa shape index (κ2) is 8.22. The van der Waals surface area contributed by atoms with E-state index in [0.717, 1.165) is 60.8 Å². The van der Waals surface area contributed by atoms with Crippen LogP contribution in [0.2, 0.25) is 0 Å². The van der Waals surface area contributed by atoms with E-state index in [1.165, 1.54) is 0 Å². The van der Waals surface area contributed by atoms with E-state index in [0.29, 0.717) is 12.5 Å². The minimum Gasteiger partial charge on any atom is -0.342 e. The van der Waals surface area contributed by atoms with E-state index in [1.807, 2.05) is 53.4 Å². The molecule has 1 amide bonds. The molecule has 30 heavy (non-hydrogen) atoms. The van der Waals surface area contributed by atoms with Crippen molar-refractivity contribution in [3.8, 4) is 11.3 Å². The molecule has 3 heterocycles. The molecule has 1 aliphatic heterocycles. The molecule has 5 rings (SSSR count). The topological polar surface area (TPSA) is 71.0 Å². The number of benzene rings is 1. The summed E-state index contributed by atoms with van der Waals surface area (Å²) in [5.41, 5.74) is 2.86. The van der Waals surface area contributed by atoms with Gasteiger partial charge in [-0.05, 0) is 49.9 Å². The highest BCUT2D eigenvalue weighted by atomic mass is 16.2. The lowest BCUT2D eigenvalue weighted by Crippen LogP contribution is -2.40. The van der Waals surface area contributed by atoms with Crippen molar-refractivity contribution in [1.82, 2.24) is 19.9 Å². The van der Waals surface area contributed by atoms with Crippen molar-refractivity contribution in [2.45, 2.75) is 31.6 Å². The number of nitrogens with one attached hydrogen (secondary N) is 1. The minimum absolute atomic E-state index is 0.152. The largest absolute Gasteiger partial charge is 0.342 e. The molecule has 0 spiro atoms. The van der Waals surface area contributed by atoms with Gasteiger partial charge in [-0.2, -0.15) is 0 Å². The lowest BCUT2D eigenvalue weighted by atomic mass is 9.96. The maximum atomic E-state index is 12.6. The zero-order valence-corrected chi connectivity index (χ0v) is 16.9. The van der Waals surface area contributed by atoms with Gasteiger partial charge >= 0.3 is 0 Å². The molecule has 6 nitrogen and oxygen atoms in total. The summed E-state index contributed by atoms with van der Waals surface area (Å²) in [5.74, 6) is 2.29. The van der Waals surface area contributed by atoms with E-state index in [4.69, 9.17) is 9.97 Å². The molecule has 1 aliphatic carbocycles. The quantitative estimate of drug-likeness (QED) is 0.689. The monoisotopic (exact) mass is 399 g/mol. The van der Waals surface area contributed by atoms with Gasteiger partial charge in [0.05, 0.1) is 5.69 Å². The molecule has 1 aromatic carbocycles. The average Bonchev–Trinajstić information content (AvgIpc) is 3.65. The number of amides is 1.